The van der Waals surface area contributed by atoms with Crippen molar-refractivity contribution in [3.63, 3.8) is 0 Å². The van der Waals surface area contributed by atoms with Gasteiger partial charge < -0.3 is 10.6 Å². The van der Waals surface area contributed by atoms with E-state index in [0.717, 1.165) is 13.0 Å². The maximum atomic E-state index is 13.7. The van der Waals surface area contributed by atoms with Crippen LogP contribution in [-0.4, -0.2) is 20.1 Å². The van der Waals surface area contributed by atoms with Crippen LogP contribution in [0.3, 0.4) is 0 Å². The Morgan fingerprint density at radius 2 is 1.89 bits per heavy atom. The van der Waals surface area contributed by atoms with Crippen LogP contribution in [0.15, 0.2) is 24.3 Å². The van der Waals surface area contributed by atoms with Crippen LogP contribution in [0.1, 0.15) is 27.2 Å². The van der Waals surface area contributed by atoms with Gasteiger partial charge in [0, 0.05) is 13.6 Å². The van der Waals surface area contributed by atoms with Crippen molar-refractivity contribution < 1.29 is 4.39 Å². The van der Waals surface area contributed by atoms with Gasteiger partial charge >= 0.3 is 0 Å². The molecule has 0 bridgehead atoms. The van der Waals surface area contributed by atoms with Gasteiger partial charge in [-0.1, -0.05) is 32.9 Å². The third kappa shape index (κ3) is 4.65. The summed E-state index contributed by atoms with van der Waals surface area (Å²) in [7, 11) is 1.92. The van der Waals surface area contributed by atoms with Crippen molar-refractivity contribution in [1.82, 2.24) is 0 Å². The molecule has 102 valence electrons. The number of benzene rings is 1. The summed E-state index contributed by atoms with van der Waals surface area (Å²) < 4.78 is 13.7. The lowest BCUT2D eigenvalue weighted by Gasteiger charge is -2.30. The molecule has 1 atom stereocenters. The quantitative estimate of drug-likeness (QED) is 0.871. The number of rotatable bonds is 5. The molecule has 2 N–H and O–H groups in total. The third-order valence-corrected chi connectivity index (χ3v) is 3.03. The van der Waals surface area contributed by atoms with Gasteiger partial charge in [-0.05, 0) is 36.4 Å². The minimum absolute atomic E-state index is 0.175. The molecule has 0 fully saturated rings. The van der Waals surface area contributed by atoms with Crippen LogP contribution >= 0.6 is 0 Å². The van der Waals surface area contributed by atoms with Gasteiger partial charge in [0.1, 0.15) is 5.82 Å². The van der Waals surface area contributed by atoms with E-state index in [1.54, 1.807) is 12.1 Å². The molecule has 0 saturated carbocycles. The first kappa shape index (κ1) is 15.0. The van der Waals surface area contributed by atoms with E-state index in [1.165, 1.54) is 6.07 Å². The molecule has 0 aliphatic heterocycles. The summed E-state index contributed by atoms with van der Waals surface area (Å²) in [5, 5.41) is 0. The predicted octanol–water partition coefficient (Wildman–Crippen LogP) is 3.27. The molecule has 18 heavy (non-hydrogen) atoms. The number of nitrogens with zero attached hydrogens (tertiary/aromatic N) is 1. The van der Waals surface area contributed by atoms with Gasteiger partial charge in [-0.25, -0.2) is 4.39 Å². The molecule has 1 rings (SSSR count). The maximum absolute atomic E-state index is 13.7. The molecule has 0 amide bonds. The molecule has 0 heterocycles. The summed E-state index contributed by atoms with van der Waals surface area (Å²) in [5.41, 5.74) is 6.72. The molecule has 3 heteroatoms. The van der Waals surface area contributed by atoms with Gasteiger partial charge in [0.25, 0.3) is 0 Å². The zero-order chi connectivity index (χ0) is 13.8. The fourth-order valence-electron chi connectivity index (χ4n) is 2.34. The lowest BCUT2D eigenvalue weighted by Crippen LogP contribution is -2.33. The Morgan fingerprint density at radius 3 is 2.39 bits per heavy atom. The van der Waals surface area contributed by atoms with Crippen molar-refractivity contribution in [2.24, 2.45) is 17.1 Å². The van der Waals surface area contributed by atoms with Crippen LogP contribution in [0, 0.1) is 17.2 Å². The summed E-state index contributed by atoms with van der Waals surface area (Å²) in [6, 6.07) is 6.87. The van der Waals surface area contributed by atoms with Crippen molar-refractivity contribution >= 4 is 5.69 Å². The van der Waals surface area contributed by atoms with Crippen LogP contribution in [0.5, 0.6) is 0 Å². The van der Waals surface area contributed by atoms with E-state index in [9.17, 15) is 4.39 Å². The lowest BCUT2D eigenvalue weighted by molar-refractivity contribution is 0.299. The molecule has 1 unspecified atom stereocenters. The fraction of sp³-hybridized carbons (Fsp3) is 0.600. The minimum atomic E-state index is -0.175. The summed E-state index contributed by atoms with van der Waals surface area (Å²) in [4.78, 5) is 1.96. The van der Waals surface area contributed by atoms with Gasteiger partial charge in [-0.3, -0.25) is 0 Å². The van der Waals surface area contributed by atoms with Gasteiger partial charge in [0.15, 0.2) is 0 Å². The van der Waals surface area contributed by atoms with E-state index >= 15 is 0 Å². The van der Waals surface area contributed by atoms with Crippen molar-refractivity contribution in [2.75, 3.05) is 25.0 Å². The van der Waals surface area contributed by atoms with Crippen LogP contribution in [0.25, 0.3) is 0 Å². The molecule has 2 nitrogen and oxygen atoms in total. The van der Waals surface area contributed by atoms with Crippen LogP contribution in [-0.2, 0) is 0 Å². The van der Waals surface area contributed by atoms with Crippen LogP contribution < -0.4 is 10.6 Å². The van der Waals surface area contributed by atoms with E-state index in [2.05, 4.69) is 20.8 Å². The smallest absolute Gasteiger partial charge is 0.146 e. The van der Waals surface area contributed by atoms with Gasteiger partial charge in [0.05, 0.1) is 5.69 Å². The van der Waals surface area contributed by atoms with Crippen LogP contribution in [0.2, 0.25) is 0 Å². The summed E-state index contributed by atoms with van der Waals surface area (Å²) in [6.45, 7) is 8.04. The number of anilines is 1. The Bertz CT molecular complexity index is 371. The molecule has 0 spiro atoms. The highest BCUT2D eigenvalue weighted by atomic mass is 19.1. The summed E-state index contributed by atoms with van der Waals surface area (Å²) in [5.74, 6) is 0.209. The highest BCUT2D eigenvalue weighted by Crippen LogP contribution is 2.26. The second kappa shape index (κ2) is 6.19. The first-order valence-corrected chi connectivity index (χ1v) is 6.49. The van der Waals surface area contributed by atoms with E-state index in [0.29, 0.717) is 18.2 Å². The average Bonchev–Trinajstić information content (AvgIpc) is 2.26. The number of hydrogen-bond acceptors (Lipinski definition) is 2. The summed E-state index contributed by atoms with van der Waals surface area (Å²) in [6.07, 6.45) is 1.04. The van der Waals surface area contributed by atoms with E-state index < -0.39 is 0 Å². The van der Waals surface area contributed by atoms with E-state index in [4.69, 9.17) is 5.73 Å². The SMILES string of the molecule is CN(CC(CN)CC(C)(C)C)c1ccccc1F. The highest BCUT2D eigenvalue weighted by molar-refractivity contribution is 5.46. The average molecular weight is 252 g/mol. The second-order valence-electron chi connectivity index (χ2n) is 6.20. The van der Waals surface area contributed by atoms with Crippen molar-refractivity contribution in [3.8, 4) is 0 Å². The first-order chi connectivity index (χ1) is 8.33. The summed E-state index contributed by atoms with van der Waals surface area (Å²) >= 11 is 0. The number of nitrogens with two attached hydrogens (primary N) is 1. The van der Waals surface area contributed by atoms with E-state index in [-0.39, 0.29) is 11.2 Å². The third-order valence-electron chi connectivity index (χ3n) is 3.03. The highest BCUT2D eigenvalue weighted by Gasteiger charge is 2.19. The minimum Gasteiger partial charge on any atom is -0.372 e. The zero-order valence-corrected chi connectivity index (χ0v) is 11.9. The van der Waals surface area contributed by atoms with Crippen molar-refractivity contribution in [1.29, 1.82) is 0 Å². The Labute approximate surface area is 110 Å². The van der Waals surface area contributed by atoms with E-state index in [1.807, 2.05) is 18.0 Å². The van der Waals surface area contributed by atoms with Gasteiger partial charge in [-0.2, -0.15) is 0 Å². The molecule has 0 radical (unpaired) electrons. The maximum Gasteiger partial charge on any atom is 0.146 e. The molecule has 1 aromatic rings. The van der Waals surface area contributed by atoms with Gasteiger partial charge in [0.2, 0.25) is 0 Å². The molecule has 0 aliphatic rings. The fourth-order valence-corrected chi connectivity index (χ4v) is 2.34. The molecule has 0 aromatic heterocycles. The normalized spacial score (nSPS) is 13.4. The Kier molecular flexibility index (Phi) is 5.15. The molecule has 1 aromatic carbocycles. The topological polar surface area (TPSA) is 29.3 Å². The standard InChI is InChI=1S/C15H25FN2/c1-15(2,3)9-12(10-17)11-18(4)14-8-6-5-7-13(14)16/h5-8,12H,9-11,17H2,1-4H3. The Balaban J connectivity index is 2.68. The first-order valence-electron chi connectivity index (χ1n) is 6.49. The van der Waals surface area contributed by atoms with Crippen molar-refractivity contribution in [3.05, 3.63) is 30.1 Å². The molecular weight excluding hydrogens is 227 g/mol. The largest absolute Gasteiger partial charge is 0.372 e. The lowest BCUT2D eigenvalue weighted by atomic mass is 9.84. The Morgan fingerprint density at radius 1 is 1.28 bits per heavy atom. The molecule has 0 aliphatic carbocycles. The van der Waals surface area contributed by atoms with Crippen molar-refractivity contribution in [2.45, 2.75) is 27.2 Å². The number of para-hydroxylation sites is 1. The second-order valence-corrected chi connectivity index (χ2v) is 6.20. The number of hydrogen-bond donors (Lipinski definition) is 1. The predicted molar refractivity (Wildman–Crippen MR) is 76.3 cm³/mol. The zero-order valence-electron chi connectivity index (χ0n) is 11.9. The molecule has 0 saturated heterocycles. The Hall–Kier alpha value is -1.09. The monoisotopic (exact) mass is 252 g/mol. The molecular formula is C15H25FN2. The number of halogens is 1. The van der Waals surface area contributed by atoms with Crippen LogP contribution in [0.4, 0.5) is 10.1 Å². The van der Waals surface area contributed by atoms with Gasteiger partial charge in [-0.15, -0.1) is 0 Å².